The molecule has 0 aliphatic carbocycles. The number of halogens is 1. The van der Waals surface area contributed by atoms with E-state index in [2.05, 4.69) is 0 Å². The van der Waals surface area contributed by atoms with Gasteiger partial charge in [0.1, 0.15) is 0 Å². The van der Waals surface area contributed by atoms with Gasteiger partial charge in [0.05, 0.1) is 4.90 Å². The van der Waals surface area contributed by atoms with Crippen molar-refractivity contribution in [2.24, 2.45) is 0 Å². The number of hydrogen-bond donors (Lipinski definition) is 0. The molecule has 1 rings (SSSR count). The third-order valence-electron chi connectivity index (χ3n) is 2.98. The van der Waals surface area contributed by atoms with Crippen LogP contribution in [0.15, 0.2) is 23.1 Å². The molecule has 1 aromatic carbocycles. The molecule has 3 nitrogen and oxygen atoms in total. The van der Waals surface area contributed by atoms with E-state index in [1.165, 1.54) is 4.31 Å². The first-order chi connectivity index (χ1) is 8.48. The minimum absolute atomic E-state index is 0.328. The largest absolute Gasteiger partial charge is 0.243 e. The SMILES string of the molecule is CCCN(CC)S(=O)(=O)c1cccc(CCl)c1C. The van der Waals surface area contributed by atoms with Crippen LogP contribution in [0.3, 0.4) is 0 Å². The number of rotatable bonds is 6. The summed E-state index contributed by atoms with van der Waals surface area (Å²) in [5, 5.41) is 0. The van der Waals surface area contributed by atoms with Crippen molar-refractivity contribution in [1.82, 2.24) is 4.31 Å². The molecule has 0 bridgehead atoms. The summed E-state index contributed by atoms with van der Waals surface area (Å²) < 4.78 is 26.6. The summed E-state index contributed by atoms with van der Waals surface area (Å²) in [4.78, 5) is 0.371. The fourth-order valence-electron chi connectivity index (χ4n) is 1.92. The van der Waals surface area contributed by atoms with Gasteiger partial charge in [0.2, 0.25) is 10.0 Å². The van der Waals surface area contributed by atoms with Gasteiger partial charge in [0.15, 0.2) is 0 Å². The summed E-state index contributed by atoms with van der Waals surface area (Å²) in [5.41, 5.74) is 1.62. The van der Waals surface area contributed by atoms with Gasteiger partial charge in [-0.3, -0.25) is 0 Å². The lowest BCUT2D eigenvalue weighted by Gasteiger charge is -2.21. The van der Waals surface area contributed by atoms with E-state index in [1.807, 2.05) is 26.8 Å². The Balaban J connectivity index is 3.27. The summed E-state index contributed by atoms with van der Waals surface area (Å²) in [5.74, 6) is 0.328. The van der Waals surface area contributed by atoms with E-state index >= 15 is 0 Å². The van der Waals surface area contributed by atoms with Crippen LogP contribution in [0.25, 0.3) is 0 Å². The molecule has 0 amide bonds. The first-order valence-corrected chi connectivity index (χ1v) is 8.11. The van der Waals surface area contributed by atoms with Gasteiger partial charge in [-0.2, -0.15) is 4.31 Å². The molecule has 0 saturated carbocycles. The highest BCUT2D eigenvalue weighted by Gasteiger charge is 2.24. The number of hydrogen-bond acceptors (Lipinski definition) is 2. The Kier molecular flexibility index (Phi) is 5.63. The van der Waals surface area contributed by atoms with E-state index in [-0.39, 0.29) is 0 Å². The monoisotopic (exact) mass is 289 g/mol. The van der Waals surface area contributed by atoms with E-state index in [1.54, 1.807) is 12.1 Å². The Morgan fingerprint density at radius 2 is 1.94 bits per heavy atom. The molecule has 0 spiro atoms. The van der Waals surface area contributed by atoms with Crippen molar-refractivity contribution in [3.05, 3.63) is 29.3 Å². The average Bonchev–Trinajstić information content (AvgIpc) is 2.35. The first-order valence-electron chi connectivity index (χ1n) is 6.13. The van der Waals surface area contributed by atoms with E-state index in [4.69, 9.17) is 11.6 Å². The number of nitrogens with zero attached hydrogens (tertiary/aromatic N) is 1. The third kappa shape index (κ3) is 3.05. The standard InChI is InChI=1S/C13H20ClNO2S/c1-4-9-15(5-2)18(16,17)13-8-6-7-12(10-14)11(13)3/h6-8H,4-5,9-10H2,1-3H3. The van der Waals surface area contributed by atoms with Crippen LogP contribution >= 0.6 is 11.6 Å². The number of sulfonamides is 1. The minimum Gasteiger partial charge on any atom is -0.207 e. The highest BCUT2D eigenvalue weighted by molar-refractivity contribution is 7.89. The molecule has 18 heavy (non-hydrogen) atoms. The number of benzene rings is 1. The van der Waals surface area contributed by atoms with Gasteiger partial charge in [-0.15, -0.1) is 11.6 Å². The number of alkyl halides is 1. The van der Waals surface area contributed by atoms with Crippen LogP contribution in [-0.4, -0.2) is 25.8 Å². The summed E-state index contributed by atoms with van der Waals surface area (Å²) in [6, 6.07) is 5.26. The van der Waals surface area contributed by atoms with Crippen LogP contribution in [0.5, 0.6) is 0 Å². The summed E-state index contributed by atoms with van der Waals surface area (Å²) >= 11 is 5.82. The van der Waals surface area contributed by atoms with Gasteiger partial charge in [-0.1, -0.05) is 26.0 Å². The lowest BCUT2D eigenvalue weighted by atomic mass is 10.1. The molecule has 102 valence electrons. The van der Waals surface area contributed by atoms with Crippen LogP contribution in [0.4, 0.5) is 0 Å². The molecule has 0 atom stereocenters. The maximum Gasteiger partial charge on any atom is 0.243 e. The Morgan fingerprint density at radius 3 is 2.44 bits per heavy atom. The van der Waals surface area contributed by atoms with Crippen LogP contribution in [0.2, 0.25) is 0 Å². The molecule has 0 radical (unpaired) electrons. The van der Waals surface area contributed by atoms with Crippen molar-refractivity contribution in [2.75, 3.05) is 13.1 Å². The maximum atomic E-state index is 12.5. The summed E-state index contributed by atoms with van der Waals surface area (Å²) in [6.45, 7) is 6.67. The molecule has 0 heterocycles. The normalized spacial score (nSPS) is 12.1. The van der Waals surface area contributed by atoms with Crippen molar-refractivity contribution in [3.8, 4) is 0 Å². The van der Waals surface area contributed by atoms with Crippen LogP contribution in [0, 0.1) is 6.92 Å². The predicted molar refractivity (Wildman–Crippen MR) is 75.5 cm³/mol. The fourth-order valence-corrected chi connectivity index (χ4v) is 4.02. The van der Waals surface area contributed by atoms with Crippen LogP contribution in [0.1, 0.15) is 31.4 Å². The Bertz CT molecular complexity index is 500. The highest BCUT2D eigenvalue weighted by Crippen LogP contribution is 2.23. The molecule has 5 heteroatoms. The van der Waals surface area contributed by atoms with Crippen molar-refractivity contribution in [1.29, 1.82) is 0 Å². The molecule has 0 N–H and O–H groups in total. The second-order valence-corrected chi connectivity index (χ2v) is 6.34. The zero-order valence-electron chi connectivity index (χ0n) is 11.1. The molecule has 0 fully saturated rings. The van der Waals surface area contributed by atoms with Crippen LogP contribution < -0.4 is 0 Å². The molecule has 0 unspecified atom stereocenters. The van der Waals surface area contributed by atoms with Gasteiger partial charge in [0.25, 0.3) is 0 Å². The Labute approximate surface area is 115 Å². The molecule has 0 saturated heterocycles. The first kappa shape index (κ1) is 15.5. The molecular formula is C13H20ClNO2S. The summed E-state index contributed by atoms with van der Waals surface area (Å²) in [6.07, 6.45) is 0.807. The lowest BCUT2D eigenvalue weighted by molar-refractivity contribution is 0.426. The van der Waals surface area contributed by atoms with Crippen molar-refractivity contribution < 1.29 is 8.42 Å². The van der Waals surface area contributed by atoms with Gasteiger partial charge < -0.3 is 0 Å². The molecule has 0 aliphatic heterocycles. The van der Waals surface area contributed by atoms with Gasteiger partial charge >= 0.3 is 0 Å². The topological polar surface area (TPSA) is 37.4 Å². The Hall–Kier alpha value is -0.580. The zero-order valence-corrected chi connectivity index (χ0v) is 12.7. The smallest absolute Gasteiger partial charge is 0.207 e. The van der Waals surface area contributed by atoms with E-state index in [0.29, 0.717) is 23.9 Å². The van der Waals surface area contributed by atoms with Crippen molar-refractivity contribution >= 4 is 21.6 Å². The molecule has 0 aliphatic rings. The predicted octanol–water partition coefficient (Wildman–Crippen LogP) is 3.15. The summed E-state index contributed by atoms with van der Waals surface area (Å²) in [7, 11) is -3.40. The maximum absolute atomic E-state index is 12.5. The van der Waals surface area contributed by atoms with Crippen LogP contribution in [-0.2, 0) is 15.9 Å². The second-order valence-electron chi connectivity index (χ2n) is 4.17. The molecular weight excluding hydrogens is 270 g/mol. The third-order valence-corrected chi connectivity index (χ3v) is 5.39. The molecule has 1 aromatic rings. The van der Waals surface area contributed by atoms with E-state index < -0.39 is 10.0 Å². The quantitative estimate of drug-likeness (QED) is 0.755. The average molecular weight is 290 g/mol. The highest BCUT2D eigenvalue weighted by atomic mass is 35.5. The van der Waals surface area contributed by atoms with Gasteiger partial charge in [-0.25, -0.2) is 8.42 Å². The fraction of sp³-hybridized carbons (Fsp3) is 0.538. The van der Waals surface area contributed by atoms with E-state index in [9.17, 15) is 8.42 Å². The van der Waals surface area contributed by atoms with E-state index in [0.717, 1.165) is 17.5 Å². The lowest BCUT2D eigenvalue weighted by Crippen LogP contribution is -2.32. The van der Waals surface area contributed by atoms with Crippen molar-refractivity contribution in [2.45, 2.75) is 38.0 Å². The second kappa shape index (κ2) is 6.55. The zero-order chi connectivity index (χ0) is 13.8. The van der Waals surface area contributed by atoms with Gasteiger partial charge in [-0.05, 0) is 30.5 Å². The molecule has 0 aromatic heterocycles. The van der Waals surface area contributed by atoms with Crippen molar-refractivity contribution in [3.63, 3.8) is 0 Å². The minimum atomic E-state index is -3.40. The Morgan fingerprint density at radius 1 is 1.28 bits per heavy atom. The van der Waals surface area contributed by atoms with Gasteiger partial charge in [0, 0.05) is 19.0 Å².